The van der Waals surface area contributed by atoms with E-state index in [1.807, 2.05) is 0 Å². The second-order valence-corrected chi connectivity index (χ2v) is 5.88. The maximum Gasteiger partial charge on any atom is 0.261 e. The van der Waals surface area contributed by atoms with E-state index in [-0.39, 0.29) is 17.3 Å². The van der Waals surface area contributed by atoms with Gasteiger partial charge in [-0.2, -0.15) is 0 Å². The Labute approximate surface area is 131 Å². The molecule has 0 bridgehead atoms. The Kier molecular flexibility index (Phi) is 5.34. The van der Waals surface area contributed by atoms with Crippen LogP contribution in [0.1, 0.15) is 36.0 Å². The number of amides is 1. The van der Waals surface area contributed by atoms with Crippen molar-refractivity contribution in [3.8, 4) is 11.5 Å². The van der Waals surface area contributed by atoms with Crippen molar-refractivity contribution in [3.05, 3.63) is 23.8 Å². The van der Waals surface area contributed by atoms with Crippen LogP contribution < -0.4 is 9.47 Å². The van der Waals surface area contributed by atoms with Gasteiger partial charge >= 0.3 is 0 Å². The Morgan fingerprint density at radius 3 is 2.29 bits per heavy atom. The van der Waals surface area contributed by atoms with Gasteiger partial charge in [-0.3, -0.25) is 4.79 Å². The predicted octanol–water partition coefficient (Wildman–Crippen LogP) is 3.33. The van der Waals surface area contributed by atoms with Gasteiger partial charge in [0.1, 0.15) is 17.1 Å². The molecular weight excluding hydrogens is 290 g/mol. The molecule has 0 spiro atoms. The minimum absolute atomic E-state index is 0.00778. The molecule has 0 radical (unpaired) electrons. The molecule has 1 amide bonds. The zero-order chi connectivity index (χ0) is 15.4. The summed E-state index contributed by atoms with van der Waals surface area (Å²) in [4.78, 5) is 14.6. The van der Waals surface area contributed by atoms with Crippen molar-refractivity contribution in [2.24, 2.45) is 0 Å². The van der Waals surface area contributed by atoms with Crippen molar-refractivity contribution < 1.29 is 14.3 Å². The van der Waals surface area contributed by atoms with Gasteiger partial charge in [0.2, 0.25) is 0 Å². The standard InChI is InChI=1S/C16H22ClNO3/c1-18(12-8-5-4-7-11(12)17)16(19)15-13(20-2)9-6-10-14(15)21-3/h6,9-12H,4-5,7-8H2,1-3H3. The van der Waals surface area contributed by atoms with Crippen LogP contribution in [0.5, 0.6) is 11.5 Å². The third kappa shape index (κ3) is 3.26. The lowest BCUT2D eigenvalue weighted by Gasteiger charge is -2.35. The van der Waals surface area contributed by atoms with Crippen LogP contribution in [-0.4, -0.2) is 43.5 Å². The quantitative estimate of drug-likeness (QED) is 0.801. The minimum Gasteiger partial charge on any atom is -0.496 e. The summed E-state index contributed by atoms with van der Waals surface area (Å²) in [7, 11) is 4.91. The van der Waals surface area contributed by atoms with Crippen LogP contribution in [0.15, 0.2) is 18.2 Å². The molecule has 0 aliphatic heterocycles. The van der Waals surface area contributed by atoms with Gasteiger partial charge in [-0.05, 0) is 25.0 Å². The summed E-state index contributed by atoms with van der Waals surface area (Å²) < 4.78 is 10.6. The molecule has 1 aliphatic carbocycles. The van der Waals surface area contributed by atoms with Crippen LogP contribution in [0.4, 0.5) is 0 Å². The van der Waals surface area contributed by atoms with E-state index in [0.717, 1.165) is 25.7 Å². The van der Waals surface area contributed by atoms with E-state index < -0.39 is 0 Å². The summed E-state index contributed by atoms with van der Waals surface area (Å²) in [6.07, 6.45) is 4.13. The van der Waals surface area contributed by atoms with Crippen molar-refractivity contribution in [1.29, 1.82) is 0 Å². The number of halogens is 1. The molecule has 116 valence electrons. The molecule has 2 atom stereocenters. The van der Waals surface area contributed by atoms with Gasteiger partial charge in [0.25, 0.3) is 5.91 Å². The lowest BCUT2D eigenvalue weighted by Crippen LogP contribution is -2.44. The smallest absolute Gasteiger partial charge is 0.261 e. The van der Waals surface area contributed by atoms with Crippen LogP contribution in [0, 0.1) is 0 Å². The Balaban J connectivity index is 2.30. The summed E-state index contributed by atoms with van der Waals surface area (Å²) in [5.74, 6) is 0.933. The molecule has 1 saturated carbocycles. The van der Waals surface area contributed by atoms with E-state index in [4.69, 9.17) is 21.1 Å². The molecule has 1 fully saturated rings. The summed E-state index contributed by atoms with van der Waals surface area (Å²) in [5, 5.41) is 0.00778. The third-order valence-corrected chi connectivity index (χ3v) is 4.62. The number of nitrogens with zero attached hydrogens (tertiary/aromatic N) is 1. The van der Waals surface area contributed by atoms with E-state index in [0.29, 0.717) is 17.1 Å². The summed E-state index contributed by atoms with van der Waals surface area (Å²) in [6, 6.07) is 5.40. The number of rotatable bonds is 4. The minimum atomic E-state index is -0.109. The van der Waals surface area contributed by atoms with Crippen molar-refractivity contribution in [2.45, 2.75) is 37.1 Å². The molecule has 0 saturated heterocycles. The van der Waals surface area contributed by atoms with Crippen LogP contribution in [0.2, 0.25) is 0 Å². The Morgan fingerprint density at radius 1 is 1.19 bits per heavy atom. The molecule has 1 aromatic rings. The Bertz CT molecular complexity index is 484. The zero-order valence-electron chi connectivity index (χ0n) is 12.8. The second kappa shape index (κ2) is 7.03. The Morgan fingerprint density at radius 2 is 1.76 bits per heavy atom. The normalized spacial score (nSPS) is 21.7. The van der Waals surface area contributed by atoms with Gasteiger partial charge in [0, 0.05) is 13.1 Å². The lowest BCUT2D eigenvalue weighted by atomic mass is 9.93. The van der Waals surface area contributed by atoms with E-state index >= 15 is 0 Å². The fourth-order valence-electron chi connectivity index (χ4n) is 2.89. The third-order valence-electron chi connectivity index (χ3n) is 4.11. The van der Waals surface area contributed by atoms with Gasteiger partial charge in [-0.25, -0.2) is 0 Å². The molecule has 0 N–H and O–H groups in total. The monoisotopic (exact) mass is 311 g/mol. The summed E-state index contributed by atoms with van der Waals surface area (Å²) >= 11 is 6.40. The van der Waals surface area contributed by atoms with Crippen molar-refractivity contribution in [1.82, 2.24) is 4.90 Å². The number of alkyl halides is 1. The van der Waals surface area contributed by atoms with Crippen molar-refractivity contribution in [2.75, 3.05) is 21.3 Å². The first-order valence-electron chi connectivity index (χ1n) is 7.22. The number of hydrogen-bond donors (Lipinski definition) is 0. The van der Waals surface area contributed by atoms with Gasteiger partial charge in [0.05, 0.1) is 19.6 Å². The molecule has 0 heterocycles. The van der Waals surface area contributed by atoms with Crippen LogP contribution in [0.3, 0.4) is 0 Å². The number of ether oxygens (including phenoxy) is 2. The SMILES string of the molecule is COc1cccc(OC)c1C(=O)N(C)C1CCCCC1Cl. The van der Waals surface area contributed by atoms with Gasteiger partial charge in [0.15, 0.2) is 0 Å². The van der Waals surface area contributed by atoms with Crippen LogP contribution in [-0.2, 0) is 0 Å². The average molecular weight is 312 g/mol. The van der Waals surface area contributed by atoms with E-state index in [1.54, 1.807) is 44.4 Å². The zero-order valence-corrected chi connectivity index (χ0v) is 13.5. The van der Waals surface area contributed by atoms with Crippen molar-refractivity contribution in [3.63, 3.8) is 0 Å². The van der Waals surface area contributed by atoms with Gasteiger partial charge in [-0.1, -0.05) is 18.9 Å². The highest BCUT2D eigenvalue weighted by Gasteiger charge is 2.32. The maximum atomic E-state index is 12.9. The van der Waals surface area contributed by atoms with Crippen LogP contribution >= 0.6 is 11.6 Å². The summed E-state index contributed by atoms with van der Waals surface area (Å²) in [6.45, 7) is 0. The second-order valence-electron chi connectivity index (χ2n) is 5.32. The topological polar surface area (TPSA) is 38.8 Å². The fraction of sp³-hybridized carbons (Fsp3) is 0.562. The number of methoxy groups -OCH3 is 2. The first-order chi connectivity index (χ1) is 10.1. The molecule has 1 aromatic carbocycles. The van der Waals surface area contributed by atoms with E-state index in [9.17, 15) is 4.79 Å². The highest BCUT2D eigenvalue weighted by molar-refractivity contribution is 6.21. The molecule has 21 heavy (non-hydrogen) atoms. The van der Waals surface area contributed by atoms with Crippen molar-refractivity contribution >= 4 is 17.5 Å². The van der Waals surface area contributed by atoms with Gasteiger partial charge < -0.3 is 14.4 Å². The van der Waals surface area contributed by atoms with Gasteiger partial charge in [-0.15, -0.1) is 11.6 Å². The number of carbonyl (C=O) groups is 1. The fourth-order valence-corrected chi connectivity index (χ4v) is 3.34. The molecule has 1 aliphatic rings. The number of hydrogen-bond acceptors (Lipinski definition) is 3. The highest BCUT2D eigenvalue weighted by atomic mass is 35.5. The molecule has 2 rings (SSSR count). The predicted molar refractivity (Wildman–Crippen MR) is 83.5 cm³/mol. The van der Waals surface area contributed by atoms with E-state index in [2.05, 4.69) is 0 Å². The van der Waals surface area contributed by atoms with E-state index in [1.165, 1.54) is 0 Å². The lowest BCUT2D eigenvalue weighted by molar-refractivity contribution is 0.0693. The number of benzene rings is 1. The highest BCUT2D eigenvalue weighted by Crippen LogP contribution is 2.32. The largest absolute Gasteiger partial charge is 0.496 e. The molecule has 4 nitrogen and oxygen atoms in total. The summed E-state index contributed by atoms with van der Waals surface area (Å²) in [5.41, 5.74) is 0.458. The first kappa shape index (κ1) is 16.0. The van der Waals surface area contributed by atoms with Crippen LogP contribution in [0.25, 0.3) is 0 Å². The maximum absolute atomic E-state index is 12.9. The molecule has 0 aromatic heterocycles. The first-order valence-corrected chi connectivity index (χ1v) is 7.66. The molecule has 5 heteroatoms. The number of carbonyl (C=O) groups excluding carboxylic acids is 1. The Hall–Kier alpha value is -1.42. The molecule has 2 unspecified atom stereocenters. The molecular formula is C16H22ClNO3. The average Bonchev–Trinajstić information content (AvgIpc) is 2.53.